The van der Waals surface area contributed by atoms with Crippen LogP contribution in [0.1, 0.15) is 11.8 Å². The summed E-state index contributed by atoms with van der Waals surface area (Å²) in [7, 11) is 3.29. The Bertz CT molecular complexity index is 1370. The highest BCUT2D eigenvalue weighted by molar-refractivity contribution is 6.28. The number of anilines is 1. The molecular formula is C26H30ClN5O9. The number of terminal acetylenes is 1. The molecule has 15 heteroatoms. The number of halogens is 1. The molecule has 0 aliphatic rings. The lowest BCUT2D eigenvalue weighted by Crippen LogP contribution is -2.52. The Morgan fingerprint density at radius 2 is 1.90 bits per heavy atom. The van der Waals surface area contributed by atoms with Crippen molar-refractivity contribution >= 4 is 40.5 Å². The Morgan fingerprint density at radius 1 is 1.22 bits per heavy atom. The predicted molar refractivity (Wildman–Crippen MR) is 145 cm³/mol. The van der Waals surface area contributed by atoms with Gasteiger partial charge >= 0.3 is 11.9 Å². The molecule has 0 unspecified atom stereocenters. The maximum atomic E-state index is 12.1. The van der Waals surface area contributed by atoms with Gasteiger partial charge in [-0.3, -0.25) is 4.57 Å². The quantitative estimate of drug-likeness (QED) is 0.103. The molecule has 3 atom stereocenters. The summed E-state index contributed by atoms with van der Waals surface area (Å²) in [5, 5.41) is 40.2. The van der Waals surface area contributed by atoms with Crippen LogP contribution in [0.3, 0.4) is 0 Å². The molecule has 1 aromatic carbocycles. The van der Waals surface area contributed by atoms with Crippen LogP contribution in [-0.4, -0.2) is 110 Å². The summed E-state index contributed by atoms with van der Waals surface area (Å²) >= 11 is 6.17. The molecule has 0 fully saturated rings. The standard InChI is InChI=1S/C26H30ClN5O9/c1-4-18(34)22(32-15-28-19-20(31(2)10-11-39-3)29-25(27)30-21(19)32)41-17(13-33)14-40-26(23(35)36,24(37)38)12-16-8-6-5-7-9-16/h1,5-9,15,17-18,22,33-34H,10-14H2,2-3H3,(H,35,36)(H,37,38)/t17-,18+,22+/m0/s1. The van der Waals surface area contributed by atoms with Crippen LogP contribution in [0.4, 0.5) is 5.82 Å². The number of benzene rings is 1. The summed E-state index contributed by atoms with van der Waals surface area (Å²) in [5.41, 5.74) is -1.87. The van der Waals surface area contributed by atoms with Crippen molar-refractivity contribution in [3.05, 3.63) is 47.5 Å². The van der Waals surface area contributed by atoms with Crippen LogP contribution in [0.25, 0.3) is 11.2 Å². The number of aliphatic hydroxyl groups is 2. The second-order valence-corrected chi connectivity index (χ2v) is 9.25. The number of rotatable bonds is 16. The van der Waals surface area contributed by atoms with Crippen LogP contribution in [0, 0.1) is 12.3 Å². The largest absolute Gasteiger partial charge is 0.479 e. The normalized spacial score (nSPS) is 13.9. The van der Waals surface area contributed by atoms with Crippen LogP contribution in [0.2, 0.25) is 5.28 Å². The van der Waals surface area contributed by atoms with E-state index in [4.69, 9.17) is 32.2 Å². The van der Waals surface area contributed by atoms with E-state index in [1.165, 1.54) is 10.9 Å². The smallest absolute Gasteiger partial charge is 0.348 e. The molecule has 0 saturated carbocycles. The van der Waals surface area contributed by atoms with Gasteiger partial charge < -0.3 is 39.5 Å². The van der Waals surface area contributed by atoms with Crippen molar-refractivity contribution in [2.45, 2.75) is 30.5 Å². The molecule has 0 aliphatic heterocycles. The first-order valence-electron chi connectivity index (χ1n) is 12.2. The molecule has 3 rings (SSSR count). The number of hydrogen-bond donors (Lipinski definition) is 4. The zero-order valence-corrected chi connectivity index (χ0v) is 23.0. The number of nitrogens with zero attached hydrogens (tertiary/aromatic N) is 5. The number of carbonyl (C=O) groups is 2. The van der Waals surface area contributed by atoms with Crippen LogP contribution in [-0.2, 0) is 30.2 Å². The number of carboxylic acid groups (broad SMARTS) is 2. The van der Waals surface area contributed by atoms with E-state index in [1.54, 1.807) is 49.4 Å². The fourth-order valence-corrected chi connectivity index (χ4v) is 4.06. The van der Waals surface area contributed by atoms with Crippen molar-refractivity contribution in [1.82, 2.24) is 19.5 Å². The minimum absolute atomic E-state index is 0.135. The van der Waals surface area contributed by atoms with Gasteiger partial charge in [0.1, 0.15) is 6.10 Å². The highest BCUT2D eigenvalue weighted by Crippen LogP contribution is 2.28. The number of imidazole rings is 1. The van der Waals surface area contributed by atoms with Gasteiger partial charge in [0.2, 0.25) is 5.28 Å². The highest BCUT2D eigenvalue weighted by atomic mass is 35.5. The Labute approximate surface area is 240 Å². The molecule has 14 nitrogen and oxygen atoms in total. The number of fused-ring (bicyclic) bond motifs is 1. The van der Waals surface area contributed by atoms with E-state index >= 15 is 0 Å². The van der Waals surface area contributed by atoms with Gasteiger partial charge in [0.25, 0.3) is 5.60 Å². The summed E-state index contributed by atoms with van der Waals surface area (Å²) in [6.07, 6.45) is 1.86. The third kappa shape index (κ3) is 7.27. The second kappa shape index (κ2) is 14.2. The van der Waals surface area contributed by atoms with Gasteiger partial charge in [-0.2, -0.15) is 9.97 Å². The van der Waals surface area contributed by atoms with Gasteiger partial charge in [-0.15, -0.1) is 6.42 Å². The van der Waals surface area contributed by atoms with Crippen LogP contribution >= 0.6 is 11.6 Å². The molecule has 0 radical (unpaired) electrons. The number of aliphatic hydroxyl groups excluding tert-OH is 2. The Balaban J connectivity index is 1.92. The summed E-state index contributed by atoms with van der Waals surface area (Å²) in [4.78, 5) is 38.8. The monoisotopic (exact) mass is 591 g/mol. The third-order valence-corrected chi connectivity index (χ3v) is 6.29. The van der Waals surface area contributed by atoms with Gasteiger partial charge in [0.05, 0.1) is 26.1 Å². The van der Waals surface area contributed by atoms with Crippen molar-refractivity contribution in [3.8, 4) is 12.3 Å². The Morgan fingerprint density at radius 3 is 2.49 bits per heavy atom. The molecular weight excluding hydrogens is 562 g/mol. The van der Waals surface area contributed by atoms with E-state index < -0.39 is 55.6 Å². The van der Waals surface area contributed by atoms with Gasteiger partial charge in [0.15, 0.2) is 29.3 Å². The topological polar surface area (TPSA) is 190 Å². The zero-order valence-electron chi connectivity index (χ0n) is 22.3. The maximum absolute atomic E-state index is 12.1. The lowest BCUT2D eigenvalue weighted by molar-refractivity contribution is -0.195. The number of hydrogen-bond acceptors (Lipinski definition) is 11. The van der Waals surface area contributed by atoms with Crippen LogP contribution in [0.5, 0.6) is 0 Å². The van der Waals surface area contributed by atoms with Gasteiger partial charge in [-0.1, -0.05) is 36.3 Å². The first-order valence-corrected chi connectivity index (χ1v) is 12.6. The van der Waals surface area contributed by atoms with E-state index in [-0.39, 0.29) is 10.9 Å². The molecule has 0 bridgehead atoms. The summed E-state index contributed by atoms with van der Waals surface area (Å²) in [5.74, 6) is -0.997. The second-order valence-electron chi connectivity index (χ2n) is 8.91. The summed E-state index contributed by atoms with van der Waals surface area (Å²) in [6.45, 7) is -0.607. The average Bonchev–Trinajstić information content (AvgIpc) is 3.37. The van der Waals surface area contributed by atoms with Crippen LogP contribution < -0.4 is 4.90 Å². The molecule has 0 aliphatic carbocycles. The predicted octanol–water partition coefficient (Wildman–Crippen LogP) is 0.600. The SMILES string of the molecule is C#C[C@@H](O)[C@@H](O[C@@H](CO)COC(Cc1ccccc1)(C(=O)O)C(=O)O)n1cnc2c(N(C)CCOC)nc(Cl)nc21. The van der Waals surface area contributed by atoms with E-state index in [0.717, 1.165) is 0 Å². The fourth-order valence-electron chi connectivity index (χ4n) is 3.90. The van der Waals surface area contributed by atoms with Gasteiger partial charge in [-0.05, 0) is 17.2 Å². The van der Waals surface area contributed by atoms with Crippen molar-refractivity contribution in [2.75, 3.05) is 45.4 Å². The summed E-state index contributed by atoms with van der Waals surface area (Å²) < 4.78 is 17.7. The lowest BCUT2D eigenvalue weighted by atomic mass is 9.94. The minimum atomic E-state index is -2.69. The molecule has 0 spiro atoms. The Kier molecular flexibility index (Phi) is 11.0. The first kappa shape index (κ1) is 31.7. The molecule has 3 aromatic rings. The van der Waals surface area contributed by atoms with Crippen molar-refractivity contribution in [3.63, 3.8) is 0 Å². The molecule has 41 heavy (non-hydrogen) atoms. The number of aromatic nitrogens is 4. The number of methoxy groups -OCH3 is 1. The average molecular weight is 592 g/mol. The van der Waals surface area contributed by atoms with E-state index in [0.29, 0.717) is 30.0 Å². The number of carboxylic acids is 2. The number of likely N-dealkylation sites (N-methyl/N-ethyl adjacent to an activating group) is 1. The lowest BCUT2D eigenvalue weighted by Gasteiger charge is -2.30. The van der Waals surface area contributed by atoms with Gasteiger partial charge in [0, 0.05) is 27.1 Å². The highest BCUT2D eigenvalue weighted by Gasteiger charge is 2.49. The minimum Gasteiger partial charge on any atom is -0.479 e. The molecule has 220 valence electrons. The number of aliphatic carboxylic acids is 2. The van der Waals surface area contributed by atoms with E-state index in [1.807, 2.05) is 0 Å². The van der Waals surface area contributed by atoms with Gasteiger partial charge in [-0.25, -0.2) is 14.6 Å². The van der Waals surface area contributed by atoms with Crippen molar-refractivity contribution in [2.24, 2.45) is 0 Å². The number of ether oxygens (including phenoxy) is 3. The van der Waals surface area contributed by atoms with E-state index in [2.05, 4.69) is 20.9 Å². The molecule has 2 heterocycles. The molecule has 0 saturated heterocycles. The molecule has 0 amide bonds. The zero-order chi connectivity index (χ0) is 30.2. The fraction of sp³-hybridized carbons (Fsp3) is 0.423. The van der Waals surface area contributed by atoms with Crippen LogP contribution in [0.15, 0.2) is 36.7 Å². The molecule has 4 N–H and O–H groups in total. The molecule has 2 aromatic heterocycles. The van der Waals surface area contributed by atoms with Crippen molar-refractivity contribution < 1.29 is 44.2 Å². The van der Waals surface area contributed by atoms with E-state index in [9.17, 15) is 30.0 Å². The van der Waals surface area contributed by atoms with Crippen molar-refractivity contribution in [1.29, 1.82) is 0 Å². The Hall–Kier alpha value is -3.84. The maximum Gasteiger partial charge on any atom is 0.348 e. The first-order chi connectivity index (χ1) is 19.6. The third-order valence-electron chi connectivity index (χ3n) is 6.12. The summed E-state index contributed by atoms with van der Waals surface area (Å²) in [6, 6.07) is 8.06.